The van der Waals surface area contributed by atoms with E-state index in [4.69, 9.17) is 4.74 Å². The zero-order chi connectivity index (χ0) is 17.9. The van der Waals surface area contributed by atoms with Crippen LogP contribution in [0.4, 0.5) is 4.79 Å². The highest BCUT2D eigenvalue weighted by molar-refractivity contribution is 8.00. The van der Waals surface area contributed by atoms with E-state index in [9.17, 15) is 14.4 Å². The van der Waals surface area contributed by atoms with Gasteiger partial charge in [-0.15, -0.1) is 11.8 Å². The number of carbonyl (C=O) groups excluding carboxylic acids is 3. The van der Waals surface area contributed by atoms with Gasteiger partial charge in [0.05, 0.1) is 5.75 Å². The second kappa shape index (κ2) is 10.7. The summed E-state index contributed by atoms with van der Waals surface area (Å²) in [5.74, 6) is -1.03. The number of aryl methyl sites for hydroxylation is 2. The molecule has 7 heteroatoms. The predicted molar refractivity (Wildman–Crippen MR) is 94.0 cm³/mol. The molecular weight excluding hydrogens is 328 g/mol. The molecule has 0 heterocycles. The molecule has 6 nitrogen and oxygen atoms in total. The summed E-state index contributed by atoms with van der Waals surface area (Å²) >= 11 is 1.36. The maximum absolute atomic E-state index is 11.7. The molecule has 1 aromatic rings. The van der Waals surface area contributed by atoms with Crippen molar-refractivity contribution >= 4 is 29.7 Å². The van der Waals surface area contributed by atoms with Crippen LogP contribution >= 0.6 is 11.8 Å². The Hall–Kier alpha value is -2.02. The number of ether oxygens (including phenoxy) is 1. The van der Waals surface area contributed by atoms with Crippen LogP contribution in [0.25, 0.3) is 0 Å². The molecular formula is C17H24N2O4S. The Bertz CT molecular complexity index is 590. The van der Waals surface area contributed by atoms with E-state index in [-0.39, 0.29) is 5.75 Å². The number of imide groups is 1. The Labute approximate surface area is 146 Å². The number of rotatable bonds is 8. The highest BCUT2D eigenvalue weighted by Crippen LogP contribution is 2.23. The molecule has 24 heavy (non-hydrogen) atoms. The molecule has 132 valence electrons. The number of thioether (sulfide) groups is 1. The summed E-state index contributed by atoms with van der Waals surface area (Å²) in [6.07, 6.45) is 1.79. The van der Waals surface area contributed by atoms with Gasteiger partial charge in [-0.05, 0) is 31.9 Å². The molecule has 0 spiro atoms. The van der Waals surface area contributed by atoms with Gasteiger partial charge in [-0.2, -0.15) is 0 Å². The van der Waals surface area contributed by atoms with Crippen molar-refractivity contribution in [2.45, 2.75) is 38.5 Å². The number of esters is 1. The molecule has 0 atom stereocenters. The van der Waals surface area contributed by atoms with Gasteiger partial charge in [0.25, 0.3) is 5.91 Å². The van der Waals surface area contributed by atoms with Crippen LogP contribution in [0, 0.1) is 13.8 Å². The van der Waals surface area contributed by atoms with E-state index >= 15 is 0 Å². The lowest BCUT2D eigenvalue weighted by atomic mass is 10.2. The predicted octanol–water partition coefficient (Wildman–Crippen LogP) is 2.56. The van der Waals surface area contributed by atoms with Crippen molar-refractivity contribution in [2.75, 3.05) is 18.9 Å². The Morgan fingerprint density at radius 2 is 1.96 bits per heavy atom. The number of unbranched alkanes of at least 4 members (excludes halogenated alkanes) is 1. The monoisotopic (exact) mass is 352 g/mol. The molecule has 0 aliphatic heterocycles. The lowest BCUT2D eigenvalue weighted by Crippen LogP contribution is -2.41. The van der Waals surface area contributed by atoms with Crippen LogP contribution in [0.1, 0.15) is 30.9 Å². The molecule has 0 fully saturated rings. The van der Waals surface area contributed by atoms with Gasteiger partial charge in [-0.25, -0.2) is 4.79 Å². The first kappa shape index (κ1) is 20.0. The van der Waals surface area contributed by atoms with Gasteiger partial charge in [-0.3, -0.25) is 14.9 Å². The van der Waals surface area contributed by atoms with Crippen molar-refractivity contribution in [1.29, 1.82) is 0 Å². The quantitative estimate of drug-likeness (QED) is 0.427. The minimum atomic E-state index is -0.645. The third-order valence-corrected chi connectivity index (χ3v) is 4.26. The summed E-state index contributed by atoms with van der Waals surface area (Å²) in [6.45, 7) is 6.02. The third kappa shape index (κ3) is 8.01. The lowest BCUT2D eigenvalue weighted by Gasteiger charge is -2.08. The number of carbonyl (C=O) groups is 3. The summed E-state index contributed by atoms with van der Waals surface area (Å²) in [5.41, 5.74) is 2.25. The molecule has 0 aliphatic carbocycles. The van der Waals surface area contributed by atoms with Crippen LogP contribution in [0.2, 0.25) is 0 Å². The van der Waals surface area contributed by atoms with Gasteiger partial charge in [-0.1, -0.05) is 31.0 Å². The molecule has 0 aromatic heterocycles. The van der Waals surface area contributed by atoms with Crippen molar-refractivity contribution in [3.05, 3.63) is 29.3 Å². The Morgan fingerprint density at radius 1 is 1.21 bits per heavy atom. The van der Waals surface area contributed by atoms with E-state index in [0.717, 1.165) is 28.9 Å². The zero-order valence-corrected chi connectivity index (χ0v) is 15.1. The van der Waals surface area contributed by atoms with E-state index < -0.39 is 24.5 Å². The summed E-state index contributed by atoms with van der Waals surface area (Å²) in [5, 5.41) is 4.65. The first-order valence-corrected chi connectivity index (χ1v) is 8.84. The molecule has 2 N–H and O–H groups in total. The molecule has 0 unspecified atom stereocenters. The van der Waals surface area contributed by atoms with Crippen LogP contribution < -0.4 is 10.6 Å². The molecule has 1 rings (SSSR count). The first-order valence-electron chi connectivity index (χ1n) is 7.85. The smallest absolute Gasteiger partial charge is 0.321 e. The van der Waals surface area contributed by atoms with Gasteiger partial charge < -0.3 is 10.1 Å². The van der Waals surface area contributed by atoms with Crippen LogP contribution in [-0.2, 0) is 14.3 Å². The number of hydrogen-bond acceptors (Lipinski definition) is 5. The van der Waals surface area contributed by atoms with Gasteiger partial charge in [0.1, 0.15) is 0 Å². The lowest BCUT2D eigenvalue weighted by molar-refractivity contribution is -0.145. The molecule has 0 radical (unpaired) electrons. The normalized spacial score (nSPS) is 10.1. The highest BCUT2D eigenvalue weighted by atomic mass is 32.2. The second-order valence-electron chi connectivity index (χ2n) is 5.38. The molecule has 1 aromatic carbocycles. The minimum absolute atomic E-state index is 0.111. The zero-order valence-electron chi connectivity index (χ0n) is 14.3. The van der Waals surface area contributed by atoms with E-state index in [1.54, 1.807) is 0 Å². The van der Waals surface area contributed by atoms with Crippen LogP contribution in [0.5, 0.6) is 0 Å². The fourth-order valence-electron chi connectivity index (χ4n) is 1.87. The number of urea groups is 1. The standard InChI is InChI=1S/C17H24N2O4S/c1-4-5-8-18-17(22)19-15(20)10-23-16(21)11-24-14-7-6-12(2)9-13(14)3/h6-7,9H,4-5,8,10-11H2,1-3H3,(H2,18,19,20,22). The Balaban J connectivity index is 2.25. The topological polar surface area (TPSA) is 84.5 Å². The number of nitrogens with one attached hydrogen (secondary N) is 2. The number of benzene rings is 1. The largest absolute Gasteiger partial charge is 0.455 e. The molecule has 0 saturated heterocycles. The van der Waals surface area contributed by atoms with Gasteiger partial charge in [0.2, 0.25) is 0 Å². The van der Waals surface area contributed by atoms with Gasteiger partial charge in [0, 0.05) is 11.4 Å². The van der Waals surface area contributed by atoms with E-state index in [1.165, 1.54) is 11.8 Å². The summed E-state index contributed by atoms with van der Waals surface area (Å²) in [4.78, 5) is 35.5. The summed E-state index contributed by atoms with van der Waals surface area (Å²) in [7, 11) is 0. The van der Waals surface area contributed by atoms with Crippen LogP contribution in [0.15, 0.2) is 23.1 Å². The fraction of sp³-hybridized carbons (Fsp3) is 0.471. The van der Waals surface area contributed by atoms with Crippen molar-refractivity contribution < 1.29 is 19.1 Å². The number of amides is 3. The third-order valence-electron chi connectivity index (χ3n) is 3.11. The second-order valence-corrected chi connectivity index (χ2v) is 6.39. The summed E-state index contributed by atoms with van der Waals surface area (Å²) in [6, 6.07) is 5.40. The van der Waals surface area contributed by atoms with Crippen molar-refractivity contribution in [3.8, 4) is 0 Å². The first-order chi connectivity index (χ1) is 11.4. The molecule has 0 saturated carbocycles. The van der Waals surface area contributed by atoms with Gasteiger partial charge in [0.15, 0.2) is 6.61 Å². The fourth-order valence-corrected chi connectivity index (χ4v) is 2.68. The van der Waals surface area contributed by atoms with E-state index in [1.807, 2.05) is 39.0 Å². The molecule has 0 aliphatic rings. The Kier molecular flexibility index (Phi) is 8.93. The number of hydrogen-bond donors (Lipinski definition) is 2. The average molecular weight is 352 g/mol. The van der Waals surface area contributed by atoms with Crippen LogP contribution in [0.3, 0.4) is 0 Å². The van der Waals surface area contributed by atoms with Crippen LogP contribution in [-0.4, -0.2) is 36.8 Å². The Morgan fingerprint density at radius 3 is 2.62 bits per heavy atom. The van der Waals surface area contributed by atoms with Crippen molar-refractivity contribution in [1.82, 2.24) is 10.6 Å². The maximum atomic E-state index is 11.7. The van der Waals surface area contributed by atoms with E-state index in [0.29, 0.717) is 6.54 Å². The highest BCUT2D eigenvalue weighted by Gasteiger charge is 2.11. The summed E-state index contributed by atoms with van der Waals surface area (Å²) < 4.78 is 4.86. The van der Waals surface area contributed by atoms with E-state index in [2.05, 4.69) is 10.6 Å². The SMILES string of the molecule is CCCCNC(=O)NC(=O)COC(=O)CSc1ccc(C)cc1C. The average Bonchev–Trinajstić information content (AvgIpc) is 2.52. The minimum Gasteiger partial charge on any atom is -0.455 e. The van der Waals surface area contributed by atoms with Crippen molar-refractivity contribution in [2.24, 2.45) is 0 Å². The maximum Gasteiger partial charge on any atom is 0.321 e. The molecule has 3 amide bonds. The molecule has 0 bridgehead atoms. The van der Waals surface area contributed by atoms with Crippen molar-refractivity contribution in [3.63, 3.8) is 0 Å². The van der Waals surface area contributed by atoms with Gasteiger partial charge >= 0.3 is 12.0 Å².